The number of fused-ring (bicyclic) bond motifs is 6. The Hall–Kier alpha value is -5.15. The summed E-state index contributed by atoms with van der Waals surface area (Å²) < 4.78 is 41.4. The minimum absolute atomic E-state index is 0.257. The molecule has 0 spiro atoms. The lowest BCUT2D eigenvalue weighted by Crippen LogP contribution is -2.20. The van der Waals surface area contributed by atoms with E-state index in [0.717, 1.165) is 91.9 Å². The Bertz CT molecular complexity index is 2600. The number of aryl methyl sites for hydroxylation is 1. The van der Waals surface area contributed by atoms with E-state index in [4.69, 9.17) is 13.5 Å². The van der Waals surface area contributed by atoms with E-state index in [9.17, 15) is 1.37 Å². The third-order valence-corrected chi connectivity index (χ3v) is 10.3. The molecule has 0 amide bonds. The van der Waals surface area contributed by atoms with Gasteiger partial charge >= 0.3 is 0 Å². The molecule has 230 valence electrons. The predicted octanol–water partition coefficient (Wildman–Crippen LogP) is 12.4. The zero-order valence-corrected chi connectivity index (χ0v) is 26.7. The number of hydrogen-bond donors (Lipinski definition) is 0. The third kappa shape index (κ3) is 4.76. The third-order valence-electron chi connectivity index (χ3n) is 10.3. The van der Waals surface area contributed by atoms with Gasteiger partial charge in [-0.05, 0) is 102 Å². The van der Waals surface area contributed by atoms with Crippen LogP contribution in [0.1, 0.15) is 62.0 Å². The summed E-state index contributed by atoms with van der Waals surface area (Å²) in [6.07, 6.45) is 5.94. The minimum atomic E-state index is -2.21. The fourth-order valence-electron chi connectivity index (χ4n) is 7.51. The molecule has 1 saturated carbocycles. The molecule has 3 heterocycles. The number of hydrogen-bond acceptors (Lipinski definition) is 2. The highest BCUT2D eigenvalue weighted by Crippen LogP contribution is 2.43. The van der Waals surface area contributed by atoms with Gasteiger partial charge in [0.05, 0.1) is 16.7 Å². The van der Waals surface area contributed by atoms with Crippen molar-refractivity contribution in [2.75, 3.05) is 0 Å². The van der Waals surface area contributed by atoms with Gasteiger partial charge in [-0.25, -0.2) is 0 Å². The number of furan rings is 1. The molecule has 5 aromatic carbocycles. The van der Waals surface area contributed by atoms with Crippen molar-refractivity contribution in [3.05, 3.63) is 133 Å². The van der Waals surface area contributed by atoms with Crippen LogP contribution in [0.4, 0.5) is 0 Å². The van der Waals surface area contributed by atoms with Crippen molar-refractivity contribution in [3.63, 3.8) is 0 Å². The molecule has 1 aliphatic carbocycles. The molecule has 0 atom stereocenters. The summed E-state index contributed by atoms with van der Waals surface area (Å²) in [4.78, 5) is 4.94. The first kappa shape index (κ1) is 24.1. The molecule has 0 radical (unpaired) electrons. The fraction of sp³-hybridized carbons (Fsp3) is 0.205. The highest BCUT2D eigenvalue weighted by Gasteiger charge is 2.27. The molecule has 3 aromatic heterocycles. The second-order valence-electron chi connectivity index (χ2n) is 13.8. The van der Waals surface area contributed by atoms with E-state index >= 15 is 0 Å². The van der Waals surface area contributed by atoms with Crippen LogP contribution in [0.5, 0.6) is 0 Å². The number of pyridine rings is 1. The second-order valence-corrected chi connectivity index (χ2v) is 13.8. The van der Waals surface area contributed by atoms with Crippen molar-refractivity contribution < 1.29 is 9.90 Å². The van der Waals surface area contributed by atoms with Gasteiger partial charge in [0.15, 0.2) is 0 Å². The van der Waals surface area contributed by atoms with E-state index in [1.54, 1.807) is 12.1 Å². The Morgan fingerprint density at radius 3 is 2.28 bits per heavy atom. The summed E-state index contributed by atoms with van der Waals surface area (Å²) in [7, 11) is 0. The maximum absolute atomic E-state index is 9.19. The lowest BCUT2D eigenvalue weighted by molar-refractivity contribution is 0.224. The van der Waals surface area contributed by atoms with Gasteiger partial charge in [-0.1, -0.05) is 92.7 Å². The molecule has 3 nitrogen and oxygen atoms in total. The summed E-state index contributed by atoms with van der Waals surface area (Å²) >= 11 is 0. The highest BCUT2D eigenvalue weighted by molar-refractivity contribution is 6.12. The van der Waals surface area contributed by atoms with Crippen LogP contribution in [0.2, 0.25) is 0 Å². The Balaban J connectivity index is 1.10. The second kappa shape index (κ2) is 10.7. The Kier molecular flexibility index (Phi) is 5.48. The van der Waals surface area contributed by atoms with Crippen molar-refractivity contribution in [2.24, 2.45) is 5.41 Å². The Morgan fingerprint density at radius 2 is 1.49 bits per heavy atom. The first-order valence-corrected chi connectivity index (χ1v) is 16.5. The summed E-state index contributed by atoms with van der Waals surface area (Å²) in [6, 6.07) is 39.0. The van der Waals surface area contributed by atoms with Crippen LogP contribution in [-0.4, -0.2) is 9.55 Å². The van der Waals surface area contributed by atoms with Gasteiger partial charge < -0.3 is 8.98 Å². The fourth-order valence-corrected chi connectivity index (χ4v) is 7.51. The molecule has 3 heteroatoms. The average molecular weight is 615 g/mol. The molecular formula is C44H38N2O. The van der Waals surface area contributed by atoms with E-state index in [-0.39, 0.29) is 5.56 Å². The predicted molar refractivity (Wildman–Crippen MR) is 196 cm³/mol. The topological polar surface area (TPSA) is 31.0 Å². The lowest BCUT2D eigenvalue weighted by atomic mass is 9.71. The molecule has 1 fully saturated rings. The van der Waals surface area contributed by atoms with Crippen LogP contribution in [0.15, 0.2) is 126 Å². The summed E-state index contributed by atoms with van der Waals surface area (Å²) in [6.45, 7) is 2.42. The summed E-state index contributed by atoms with van der Waals surface area (Å²) in [5.41, 5.74) is 10.0. The van der Waals surface area contributed by atoms with E-state index in [1.807, 2.05) is 30.5 Å². The maximum Gasteiger partial charge on any atom is 0.144 e. The number of aromatic nitrogens is 2. The molecule has 1 aliphatic rings. The molecule has 0 saturated heterocycles. The number of benzene rings is 5. The number of rotatable bonds is 4. The largest absolute Gasteiger partial charge is 0.455 e. The first-order valence-electron chi connectivity index (χ1n) is 18.5. The van der Waals surface area contributed by atoms with Crippen molar-refractivity contribution in [1.82, 2.24) is 9.55 Å². The average Bonchev–Trinajstić information content (AvgIpc) is 3.68. The quantitative estimate of drug-likeness (QED) is 0.197. The van der Waals surface area contributed by atoms with Gasteiger partial charge in [-0.15, -0.1) is 0 Å². The van der Waals surface area contributed by atoms with Crippen LogP contribution in [0, 0.1) is 12.3 Å². The van der Waals surface area contributed by atoms with E-state index in [1.165, 1.54) is 0 Å². The SMILES string of the molecule is [2H]C([2H])([2H])c1ccc2c(c1)oc1c(-c3cc4c(cn3)c3ccccc3n4-c3ccc(-c4ccc(C5([2H])CCC(C)(C)CC5)cc4)cc3)cccc12. The van der Waals surface area contributed by atoms with E-state index < -0.39 is 12.7 Å². The van der Waals surface area contributed by atoms with E-state index in [0.29, 0.717) is 16.6 Å². The van der Waals surface area contributed by atoms with Gasteiger partial charge in [0.25, 0.3) is 0 Å². The van der Waals surface area contributed by atoms with Crippen LogP contribution in [0.3, 0.4) is 0 Å². The van der Waals surface area contributed by atoms with Gasteiger partial charge in [0.2, 0.25) is 0 Å². The standard InChI is InChI=1S/C44H38N2O/c1-28-11-20-35-36-8-6-9-37(43(36)47-42(35)25-28)39-26-41-38(27-45-39)34-7-4-5-10-40(34)46(41)33-18-16-31(17-19-33)29-12-14-30(15-13-29)32-21-23-44(2,3)24-22-32/h4-20,25-27,32H,21-24H2,1-3H3/i1D3,32D. The van der Waals surface area contributed by atoms with Crippen molar-refractivity contribution in [3.8, 4) is 28.1 Å². The molecule has 9 rings (SSSR count). The van der Waals surface area contributed by atoms with Crippen LogP contribution in [-0.2, 0) is 0 Å². The van der Waals surface area contributed by atoms with Crippen molar-refractivity contribution in [2.45, 2.75) is 52.3 Å². The molecule has 47 heavy (non-hydrogen) atoms. The highest BCUT2D eigenvalue weighted by atomic mass is 16.3. The maximum atomic E-state index is 9.19. The van der Waals surface area contributed by atoms with Crippen LogP contribution < -0.4 is 0 Å². The number of nitrogens with zero attached hydrogens (tertiary/aromatic N) is 2. The van der Waals surface area contributed by atoms with Gasteiger partial charge in [-0.2, -0.15) is 0 Å². The normalized spacial score (nSPS) is 17.5. The smallest absolute Gasteiger partial charge is 0.144 e. The zero-order valence-electron chi connectivity index (χ0n) is 30.7. The van der Waals surface area contributed by atoms with Gasteiger partial charge in [0, 0.05) is 44.5 Å². The molecule has 8 aromatic rings. The minimum Gasteiger partial charge on any atom is -0.455 e. The Labute approximate surface area is 281 Å². The van der Waals surface area contributed by atoms with Crippen molar-refractivity contribution >= 4 is 43.7 Å². The van der Waals surface area contributed by atoms with E-state index in [2.05, 4.69) is 97.3 Å². The molecule has 0 aliphatic heterocycles. The van der Waals surface area contributed by atoms with Crippen molar-refractivity contribution in [1.29, 1.82) is 0 Å². The molecule has 0 N–H and O–H groups in total. The van der Waals surface area contributed by atoms with Crippen LogP contribution in [0.25, 0.3) is 71.8 Å². The zero-order chi connectivity index (χ0) is 35.1. The molecule has 0 bridgehead atoms. The molecule has 0 unspecified atom stereocenters. The molecular weight excluding hydrogens is 572 g/mol. The first-order chi connectivity index (χ1) is 24.5. The van der Waals surface area contributed by atoms with Gasteiger partial charge in [0.1, 0.15) is 11.2 Å². The van der Waals surface area contributed by atoms with Crippen LogP contribution >= 0.6 is 0 Å². The number of para-hydroxylation sites is 2. The summed E-state index contributed by atoms with van der Waals surface area (Å²) in [5, 5.41) is 3.98. The lowest BCUT2D eigenvalue weighted by Gasteiger charge is -2.34. The summed E-state index contributed by atoms with van der Waals surface area (Å²) in [5.74, 6) is -0.499. The monoisotopic (exact) mass is 614 g/mol. The van der Waals surface area contributed by atoms with Gasteiger partial charge in [-0.3, -0.25) is 4.98 Å². The Morgan fingerprint density at radius 1 is 0.745 bits per heavy atom.